The Morgan fingerprint density at radius 3 is 2.62 bits per heavy atom. The lowest BCUT2D eigenvalue weighted by molar-refractivity contribution is 0.0522. The lowest BCUT2D eigenvalue weighted by atomic mass is 10.1. The second-order valence-electron chi connectivity index (χ2n) is 9.68. The third-order valence-corrected chi connectivity index (χ3v) is 8.12. The van der Waals surface area contributed by atoms with Gasteiger partial charge in [0, 0.05) is 28.8 Å². The van der Waals surface area contributed by atoms with Gasteiger partial charge < -0.3 is 25.1 Å². The number of aromatic hydroxyl groups is 1. The summed E-state index contributed by atoms with van der Waals surface area (Å²) in [6.07, 6.45) is 1.71. The fourth-order valence-electron chi connectivity index (χ4n) is 4.45. The van der Waals surface area contributed by atoms with Gasteiger partial charge in [0.15, 0.2) is 17.3 Å². The van der Waals surface area contributed by atoms with E-state index in [4.69, 9.17) is 25.4 Å². The molecule has 14 heteroatoms. The van der Waals surface area contributed by atoms with Crippen LogP contribution in [0.15, 0.2) is 81.6 Å². The highest BCUT2D eigenvalue weighted by atomic mass is 32.2. The number of phenols is 1. The summed E-state index contributed by atoms with van der Waals surface area (Å²) in [7, 11) is -0.0742. The Bertz CT molecular complexity index is 1850. The molecule has 1 aliphatic heterocycles. The van der Waals surface area contributed by atoms with E-state index in [0.717, 1.165) is 0 Å². The number of phenolic OH excluding ortho intramolecular Hbond substituents is 1. The number of amidine groups is 1. The first kappa shape index (κ1) is 31.2. The van der Waals surface area contributed by atoms with Crippen LogP contribution in [0.2, 0.25) is 0 Å². The van der Waals surface area contributed by atoms with Gasteiger partial charge in [0.05, 0.1) is 34.1 Å². The first-order valence-electron chi connectivity index (χ1n) is 13.5. The number of benzene rings is 3. The molecule has 0 amide bonds. The normalized spacial score (nSPS) is 15.1. The fourth-order valence-corrected chi connectivity index (χ4v) is 5.68. The highest BCUT2D eigenvalue weighted by Crippen LogP contribution is 2.40. The van der Waals surface area contributed by atoms with Crippen molar-refractivity contribution in [1.82, 2.24) is 9.88 Å². The maximum absolute atomic E-state index is 15.7. The van der Waals surface area contributed by atoms with Crippen molar-refractivity contribution in [3.63, 3.8) is 0 Å². The molecule has 2 atom stereocenters. The molecule has 11 nitrogen and oxygen atoms in total. The zero-order chi connectivity index (χ0) is 32.2. The van der Waals surface area contributed by atoms with Crippen LogP contribution in [-0.2, 0) is 15.5 Å². The summed E-state index contributed by atoms with van der Waals surface area (Å²) in [4.78, 5) is 23.0. The van der Waals surface area contributed by atoms with Gasteiger partial charge in [0.25, 0.3) is 5.88 Å². The van der Waals surface area contributed by atoms with Crippen LogP contribution in [0, 0.1) is 17.0 Å². The Morgan fingerprint density at radius 2 is 1.91 bits per heavy atom. The van der Waals surface area contributed by atoms with Crippen LogP contribution in [0.5, 0.6) is 28.9 Å². The van der Waals surface area contributed by atoms with Crippen LogP contribution >= 0.6 is 0 Å². The molecule has 4 N–H and O–H groups in total. The number of hydrogen-bond donors (Lipinski definition) is 3. The summed E-state index contributed by atoms with van der Waals surface area (Å²) >= 11 is 0. The van der Waals surface area contributed by atoms with Crippen molar-refractivity contribution in [2.75, 3.05) is 20.2 Å². The van der Waals surface area contributed by atoms with Gasteiger partial charge >= 0.3 is 5.97 Å². The molecular weight excluding hydrogens is 608 g/mol. The minimum atomic E-state index is -1.85. The Labute approximate surface area is 258 Å². The quantitative estimate of drug-likeness (QED) is 0.119. The molecule has 45 heavy (non-hydrogen) atoms. The Kier molecular flexibility index (Phi) is 9.16. The molecule has 0 saturated carbocycles. The van der Waals surface area contributed by atoms with Crippen LogP contribution in [0.1, 0.15) is 34.6 Å². The van der Waals surface area contributed by atoms with Gasteiger partial charge in [-0.3, -0.25) is 15.3 Å². The summed E-state index contributed by atoms with van der Waals surface area (Å²) in [5.41, 5.74) is 6.17. The number of hydrogen-bond acceptors (Lipinski definition) is 10. The fraction of sp³-hybridized carbons (Fsp3) is 0.161. The molecule has 4 aromatic rings. The number of carbonyl (C=O) groups is 1. The molecule has 3 aromatic carbocycles. The van der Waals surface area contributed by atoms with Gasteiger partial charge in [-0.15, -0.1) is 0 Å². The van der Waals surface area contributed by atoms with Crippen molar-refractivity contribution in [2.45, 2.75) is 22.9 Å². The van der Waals surface area contributed by atoms with Gasteiger partial charge in [-0.1, -0.05) is 12.1 Å². The Hall–Kier alpha value is -5.21. The van der Waals surface area contributed by atoms with E-state index in [9.17, 15) is 18.5 Å². The SMILES string of the molecule is CCOC(=O)c1ccccc1S(=O)c1ccc(Oc2c(F)cnc(Oc3cc(C(=N)N)ccc3O)c2F)c(C2N=CCN2C)c1. The van der Waals surface area contributed by atoms with Crippen molar-refractivity contribution in [1.29, 1.82) is 5.41 Å². The van der Waals surface area contributed by atoms with Crippen molar-refractivity contribution < 1.29 is 37.1 Å². The van der Waals surface area contributed by atoms with Crippen molar-refractivity contribution in [3.05, 3.63) is 95.2 Å². The van der Waals surface area contributed by atoms with Gasteiger partial charge in [-0.05, 0) is 62.5 Å². The summed E-state index contributed by atoms with van der Waals surface area (Å²) in [5.74, 6) is -5.64. The molecule has 2 heterocycles. The summed E-state index contributed by atoms with van der Waals surface area (Å²) in [6.45, 7) is 2.28. The summed E-state index contributed by atoms with van der Waals surface area (Å²) < 4.78 is 60.7. The first-order valence-corrected chi connectivity index (χ1v) is 14.6. The van der Waals surface area contributed by atoms with E-state index in [-0.39, 0.29) is 44.9 Å². The zero-order valence-electron chi connectivity index (χ0n) is 24.0. The maximum Gasteiger partial charge on any atom is 0.339 e. The molecule has 0 saturated heterocycles. The van der Waals surface area contributed by atoms with E-state index in [0.29, 0.717) is 18.3 Å². The highest BCUT2D eigenvalue weighted by Gasteiger charge is 2.28. The monoisotopic (exact) mass is 635 g/mol. The zero-order valence-corrected chi connectivity index (χ0v) is 24.8. The van der Waals surface area contributed by atoms with E-state index in [1.165, 1.54) is 42.5 Å². The number of nitrogen functional groups attached to an aromatic ring is 1. The van der Waals surface area contributed by atoms with Crippen LogP contribution in [0.3, 0.4) is 0 Å². The van der Waals surface area contributed by atoms with E-state index >= 15 is 4.39 Å². The average molecular weight is 636 g/mol. The second kappa shape index (κ2) is 13.2. The summed E-state index contributed by atoms with van der Waals surface area (Å²) in [5, 5.41) is 17.8. The lowest BCUT2D eigenvalue weighted by Crippen LogP contribution is -2.19. The number of esters is 1. The van der Waals surface area contributed by atoms with Crippen LogP contribution < -0.4 is 15.2 Å². The van der Waals surface area contributed by atoms with Crippen molar-refractivity contribution in [2.24, 2.45) is 10.7 Å². The Balaban J connectivity index is 1.53. The first-order chi connectivity index (χ1) is 21.6. The van der Waals surface area contributed by atoms with Crippen molar-refractivity contribution >= 4 is 28.8 Å². The number of aliphatic imine (C=N–C) groups is 1. The molecule has 0 spiro atoms. The Morgan fingerprint density at radius 1 is 1.13 bits per heavy atom. The average Bonchev–Trinajstić information content (AvgIpc) is 3.46. The van der Waals surface area contributed by atoms with Crippen LogP contribution in [0.4, 0.5) is 8.78 Å². The smallest absolute Gasteiger partial charge is 0.339 e. The minimum absolute atomic E-state index is 0.00158. The van der Waals surface area contributed by atoms with Gasteiger partial charge in [0.1, 0.15) is 17.8 Å². The number of aromatic nitrogens is 1. The number of rotatable bonds is 10. The number of carbonyl (C=O) groups excluding carboxylic acids is 1. The molecule has 5 rings (SSSR count). The molecule has 0 radical (unpaired) electrons. The van der Waals surface area contributed by atoms with Crippen molar-refractivity contribution in [3.8, 4) is 28.9 Å². The van der Waals surface area contributed by atoms with Crippen LogP contribution in [0.25, 0.3) is 0 Å². The van der Waals surface area contributed by atoms with E-state index in [2.05, 4.69) is 9.98 Å². The lowest BCUT2D eigenvalue weighted by Gasteiger charge is -2.22. The molecule has 2 unspecified atom stereocenters. The molecule has 1 aliphatic rings. The molecule has 232 valence electrons. The molecular formula is C31H27F2N5O6S. The summed E-state index contributed by atoms with van der Waals surface area (Å²) in [6, 6.07) is 14.5. The topological polar surface area (TPSA) is 160 Å². The second-order valence-corrected chi connectivity index (χ2v) is 11.1. The number of nitrogens with zero attached hydrogens (tertiary/aromatic N) is 3. The van der Waals surface area contributed by atoms with E-state index < -0.39 is 51.9 Å². The minimum Gasteiger partial charge on any atom is -0.504 e. The number of nitrogens with one attached hydrogen (secondary N) is 1. The predicted molar refractivity (Wildman–Crippen MR) is 161 cm³/mol. The van der Waals surface area contributed by atoms with E-state index in [1.54, 1.807) is 38.4 Å². The highest BCUT2D eigenvalue weighted by molar-refractivity contribution is 7.85. The third kappa shape index (κ3) is 6.51. The number of halogens is 2. The standard InChI is InChI=1S/C31H27F2N5O6S/c1-3-42-31(40)19-6-4-5-7-25(19)45(41)18-9-11-23(20(15-18)29-36-12-13-38(29)2)43-27-21(32)16-37-30(26(27)33)44-24-14-17(28(34)35)8-10-22(24)39/h4-12,14-16,29,39H,3,13H2,1-2H3,(H3,34,35). The largest absolute Gasteiger partial charge is 0.504 e. The van der Waals surface area contributed by atoms with Crippen LogP contribution in [-0.4, -0.2) is 57.4 Å². The molecule has 0 aliphatic carbocycles. The van der Waals surface area contributed by atoms with Gasteiger partial charge in [-0.25, -0.2) is 18.4 Å². The number of nitrogens with two attached hydrogens (primary N) is 1. The molecule has 1 aromatic heterocycles. The molecule has 0 bridgehead atoms. The third-order valence-electron chi connectivity index (χ3n) is 6.68. The number of pyridine rings is 1. The number of ether oxygens (including phenoxy) is 3. The predicted octanol–water partition coefficient (Wildman–Crippen LogP) is 5.29. The van der Waals surface area contributed by atoms with Gasteiger partial charge in [0.2, 0.25) is 11.6 Å². The van der Waals surface area contributed by atoms with Gasteiger partial charge in [-0.2, -0.15) is 4.39 Å². The molecule has 0 fully saturated rings. The van der Waals surface area contributed by atoms with E-state index in [1.807, 2.05) is 4.90 Å². The maximum atomic E-state index is 15.7.